The van der Waals surface area contributed by atoms with Crippen LogP contribution in [0, 0.1) is 0 Å². The van der Waals surface area contributed by atoms with Gasteiger partial charge in [-0.15, -0.1) is 5.10 Å². The predicted molar refractivity (Wildman–Crippen MR) is 75.3 cm³/mol. The van der Waals surface area contributed by atoms with Crippen molar-refractivity contribution in [3.05, 3.63) is 56.3 Å². The highest BCUT2D eigenvalue weighted by Crippen LogP contribution is 2.19. The summed E-state index contributed by atoms with van der Waals surface area (Å²) in [6.45, 7) is 0.219. The lowest BCUT2D eigenvalue weighted by molar-refractivity contribution is 0.0697. The normalized spacial score (nSPS) is 10.3. The van der Waals surface area contributed by atoms with Gasteiger partial charge in [-0.25, -0.2) is 9.48 Å². The zero-order valence-electron chi connectivity index (χ0n) is 10.5. The molecule has 104 valence electrons. The molecule has 20 heavy (non-hydrogen) atoms. The molecule has 2 aromatic rings. The molecule has 0 fully saturated rings. The maximum absolute atomic E-state index is 11.7. The number of hydrogen-bond donors (Lipinski definition) is 1. The van der Waals surface area contributed by atoms with E-state index < -0.39 is 5.97 Å². The van der Waals surface area contributed by atoms with Gasteiger partial charge in [-0.2, -0.15) is 0 Å². The van der Waals surface area contributed by atoms with Crippen LogP contribution in [0.2, 0.25) is 0 Å². The third-order valence-corrected chi connectivity index (χ3v) is 3.41. The Morgan fingerprint density at radius 1 is 1.40 bits per heavy atom. The Labute approximate surface area is 122 Å². The quantitative estimate of drug-likeness (QED) is 0.918. The Kier molecular flexibility index (Phi) is 4.19. The van der Waals surface area contributed by atoms with E-state index in [2.05, 4.69) is 21.0 Å². The summed E-state index contributed by atoms with van der Waals surface area (Å²) in [5.74, 6) is -0.670. The van der Waals surface area contributed by atoms with Crippen LogP contribution in [-0.4, -0.2) is 28.0 Å². The molecule has 0 amide bonds. The van der Waals surface area contributed by atoms with Gasteiger partial charge in [0.2, 0.25) is 5.88 Å². The van der Waals surface area contributed by atoms with Gasteiger partial charge in [0.1, 0.15) is 0 Å². The number of hydrogen-bond acceptors (Lipinski definition) is 4. The zero-order chi connectivity index (χ0) is 14.7. The summed E-state index contributed by atoms with van der Waals surface area (Å²) in [4.78, 5) is 22.6. The summed E-state index contributed by atoms with van der Waals surface area (Å²) in [5.41, 5.74) is 0.657. The van der Waals surface area contributed by atoms with Crippen molar-refractivity contribution in [3.8, 4) is 5.88 Å². The van der Waals surface area contributed by atoms with Gasteiger partial charge in [0.05, 0.1) is 19.2 Å². The molecule has 1 aromatic heterocycles. The summed E-state index contributed by atoms with van der Waals surface area (Å²) in [5, 5.41) is 12.9. The number of aromatic carboxylic acids is 1. The van der Waals surface area contributed by atoms with E-state index in [1.807, 2.05) is 0 Å². The Morgan fingerprint density at radius 3 is 2.75 bits per heavy atom. The third kappa shape index (κ3) is 3.05. The fourth-order valence-corrected chi connectivity index (χ4v) is 2.13. The average Bonchev–Trinajstić information content (AvgIpc) is 2.43. The van der Waals surface area contributed by atoms with E-state index in [-0.39, 0.29) is 17.7 Å². The Hall–Kier alpha value is -2.15. The monoisotopic (exact) mass is 338 g/mol. The number of halogens is 1. The fourth-order valence-electron chi connectivity index (χ4n) is 1.62. The number of methoxy groups -OCH3 is 1. The van der Waals surface area contributed by atoms with Crippen molar-refractivity contribution in [2.24, 2.45) is 0 Å². The van der Waals surface area contributed by atoms with Gasteiger partial charge < -0.3 is 9.84 Å². The number of ether oxygens (including phenoxy) is 1. The molecule has 0 spiro atoms. The molecule has 6 nitrogen and oxygen atoms in total. The molecule has 0 saturated heterocycles. The largest absolute Gasteiger partial charge is 0.480 e. The Balaban J connectivity index is 2.35. The molecule has 1 N–H and O–H groups in total. The van der Waals surface area contributed by atoms with Crippen molar-refractivity contribution in [2.45, 2.75) is 6.54 Å². The summed E-state index contributed by atoms with van der Waals surface area (Å²) in [6, 6.07) is 7.46. The lowest BCUT2D eigenvalue weighted by Gasteiger charge is -2.08. The van der Waals surface area contributed by atoms with Gasteiger partial charge in [-0.05, 0) is 17.7 Å². The van der Waals surface area contributed by atoms with Crippen molar-refractivity contribution in [3.63, 3.8) is 0 Å². The average molecular weight is 339 g/mol. The van der Waals surface area contributed by atoms with Gasteiger partial charge >= 0.3 is 5.97 Å². The van der Waals surface area contributed by atoms with Crippen molar-refractivity contribution in [2.75, 3.05) is 7.11 Å². The Bertz CT molecular complexity index is 712. The first-order valence-corrected chi connectivity index (χ1v) is 6.44. The molecule has 0 saturated carbocycles. The van der Waals surface area contributed by atoms with Crippen molar-refractivity contribution in [1.82, 2.24) is 9.78 Å². The lowest BCUT2D eigenvalue weighted by atomic mass is 10.1. The molecule has 0 aliphatic carbocycles. The maximum Gasteiger partial charge on any atom is 0.335 e. The molecule has 1 aromatic carbocycles. The number of carboxylic acid groups (broad SMARTS) is 1. The maximum atomic E-state index is 11.7. The standard InChI is InChI=1S/C13H11BrN2O4/c1-20-11-4-5-12(17)16(15-11)7-9-3-2-8(13(18)19)6-10(9)14/h2-6H,7H2,1H3,(H,18,19). The number of aromatic nitrogens is 2. The van der Waals surface area contributed by atoms with Crippen molar-refractivity contribution >= 4 is 21.9 Å². The van der Waals surface area contributed by atoms with Crippen molar-refractivity contribution < 1.29 is 14.6 Å². The number of nitrogens with zero attached hydrogens (tertiary/aromatic N) is 2. The number of carboxylic acids is 1. The zero-order valence-corrected chi connectivity index (χ0v) is 12.1. The highest BCUT2D eigenvalue weighted by atomic mass is 79.9. The second kappa shape index (κ2) is 5.87. The van der Waals surface area contributed by atoms with Crippen LogP contribution in [0.4, 0.5) is 0 Å². The van der Waals surface area contributed by atoms with Gasteiger partial charge in [-0.3, -0.25) is 4.79 Å². The minimum Gasteiger partial charge on any atom is -0.480 e. The van der Waals surface area contributed by atoms with Crippen molar-refractivity contribution in [1.29, 1.82) is 0 Å². The summed E-state index contributed by atoms with van der Waals surface area (Å²) in [7, 11) is 1.47. The molecule has 1 heterocycles. The molecule has 0 aliphatic rings. The van der Waals surface area contributed by atoms with Crippen LogP contribution in [0.3, 0.4) is 0 Å². The second-order valence-electron chi connectivity index (χ2n) is 3.98. The molecule has 2 rings (SSSR count). The third-order valence-electron chi connectivity index (χ3n) is 2.67. The van der Waals surface area contributed by atoms with Crippen LogP contribution >= 0.6 is 15.9 Å². The van der Waals surface area contributed by atoms with Gasteiger partial charge in [0.15, 0.2) is 0 Å². The minimum atomic E-state index is -1.01. The molecular weight excluding hydrogens is 328 g/mol. The molecule has 7 heteroatoms. The van der Waals surface area contributed by atoms with E-state index >= 15 is 0 Å². The van der Waals surface area contributed by atoms with E-state index in [4.69, 9.17) is 9.84 Å². The first kappa shape index (κ1) is 14.3. The van der Waals surface area contributed by atoms with E-state index in [9.17, 15) is 9.59 Å². The first-order chi connectivity index (χ1) is 9.51. The number of benzene rings is 1. The molecule has 0 radical (unpaired) electrons. The first-order valence-electron chi connectivity index (χ1n) is 5.65. The Morgan fingerprint density at radius 2 is 2.15 bits per heavy atom. The molecular formula is C13H11BrN2O4. The highest BCUT2D eigenvalue weighted by molar-refractivity contribution is 9.10. The number of rotatable bonds is 4. The fraction of sp³-hybridized carbons (Fsp3) is 0.154. The van der Waals surface area contributed by atoms with Crippen LogP contribution in [0.5, 0.6) is 5.88 Å². The summed E-state index contributed by atoms with van der Waals surface area (Å²) < 4.78 is 6.82. The predicted octanol–water partition coefficient (Wildman–Crippen LogP) is 1.76. The van der Waals surface area contributed by atoms with Gasteiger partial charge in [0.25, 0.3) is 5.56 Å². The van der Waals surface area contributed by atoms with Gasteiger partial charge in [0, 0.05) is 16.6 Å². The molecule has 0 atom stereocenters. The highest BCUT2D eigenvalue weighted by Gasteiger charge is 2.09. The van der Waals surface area contributed by atoms with Crippen LogP contribution < -0.4 is 10.3 Å². The summed E-state index contributed by atoms with van der Waals surface area (Å²) in [6.07, 6.45) is 0. The van der Waals surface area contributed by atoms with Crippen LogP contribution in [0.15, 0.2) is 39.6 Å². The topological polar surface area (TPSA) is 81.4 Å². The van der Waals surface area contributed by atoms with E-state index in [0.717, 1.165) is 5.56 Å². The van der Waals surface area contributed by atoms with Gasteiger partial charge in [-0.1, -0.05) is 22.0 Å². The SMILES string of the molecule is COc1ccc(=O)n(Cc2ccc(C(=O)O)cc2Br)n1. The van der Waals surface area contributed by atoms with E-state index in [0.29, 0.717) is 10.4 Å². The van der Waals surface area contributed by atoms with Crippen LogP contribution in [-0.2, 0) is 6.54 Å². The lowest BCUT2D eigenvalue weighted by Crippen LogP contribution is -2.22. The minimum absolute atomic E-state index is 0.173. The number of carbonyl (C=O) groups is 1. The molecule has 0 bridgehead atoms. The second-order valence-corrected chi connectivity index (χ2v) is 4.84. The molecule has 0 aliphatic heterocycles. The molecule has 0 unspecified atom stereocenters. The van der Waals surface area contributed by atoms with E-state index in [1.165, 1.54) is 36.1 Å². The smallest absolute Gasteiger partial charge is 0.335 e. The van der Waals surface area contributed by atoms with Crippen LogP contribution in [0.25, 0.3) is 0 Å². The summed E-state index contributed by atoms with van der Waals surface area (Å²) >= 11 is 3.30. The van der Waals surface area contributed by atoms with E-state index in [1.54, 1.807) is 6.07 Å². The van der Waals surface area contributed by atoms with Crippen LogP contribution in [0.1, 0.15) is 15.9 Å².